The Morgan fingerprint density at radius 2 is 1.86 bits per heavy atom. The standard InChI is InChI=1S/C18H17FN2O/c1-11-5-3-6-13-9-16(12(2)20)21(18(22)17(11)13)15-8-4-7-14(19)10-15/h3-10,12H,20H2,1-2H3/t12-/m0/s1. The van der Waals surface area contributed by atoms with Gasteiger partial charge in [-0.05, 0) is 49.1 Å². The normalized spacial score (nSPS) is 12.5. The second-order valence-corrected chi connectivity index (χ2v) is 5.52. The molecule has 22 heavy (non-hydrogen) atoms. The van der Waals surface area contributed by atoms with Crippen LogP contribution in [-0.4, -0.2) is 4.57 Å². The molecule has 1 heterocycles. The number of nitrogens with two attached hydrogens (primary N) is 1. The van der Waals surface area contributed by atoms with Crippen LogP contribution in [0.25, 0.3) is 16.5 Å². The molecule has 0 bridgehead atoms. The van der Waals surface area contributed by atoms with Crippen molar-refractivity contribution in [2.75, 3.05) is 0 Å². The predicted molar refractivity (Wildman–Crippen MR) is 86.8 cm³/mol. The Balaban J connectivity index is 2.46. The SMILES string of the molecule is Cc1cccc2cc([C@H](C)N)n(-c3cccc(F)c3)c(=O)c12. The molecule has 1 aromatic heterocycles. The lowest BCUT2D eigenvalue weighted by Gasteiger charge is -2.18. The zero-order valence-corrected chi connectivity index (χ0v) is 12.5. The first-order valence-corrected chi connectivity index (χ1v) is 7.16. The van der Waals surface area contributed by atoms with Crippen molar-refractivity contribution in [1.82, 2.24) is 4.57 Å². The van der Waals surface area contributed by atoms with Gasteiger partial charge in [-0.2, -0.15) is 0 Å². The zero-order chi connectivity index (χ0) is 15.9. The molecule has 0 aliphatic rings. The van der Waals surface area contributed by atoms with E-state index in [1.807, 2.05) is 38.1 Å². The number of hydrogen-bond acceptors (Lipinski definition) is 2. The Morgan fingerprint density at radius 1 is 1.14 bits per heavy atom. The van der Waals surface area contributed by atoms with Crippen LogP contribution in [-0.2, 0) is 0 Å². The Bertz CT molecular complexity index is 913. The molecule has 4 heteroatoms. The minimum atomic E-state index is -0.384. The number of aryl methyl sites for hydroxylation is 1. The van der Waals surface area contributed by atoms with Gasteiger partial charge in [0.25, 0.3) is 5.56 Å². The monoisotopic (exact) mass is 296 g/mol. The molecule has 0 aliphatic carbocycles. The van der Waals surface area contributed by atoms with Gasteiger partial charge in [-0.3, -0.25) is 9.36 Å². The van der Waals surface area contributed by atoms with Gasteiger partial charge in [0, 0.05) is 11.7 Å². The number of nitrogens with zero attached hydrogens (tertiary/aromatic N) is 1. The van der Waals surface area contributed by atoms with Gasteiger partial charge < -0.3 is 5.73 Å². The molecule has 0 aliphatic heterocycles. The second-order valence-electron chi connectivity index (χ2n) is 5.52. The van der Waals surface area contributed by atoms with E-state index in [1.165, 1.54) is 16.7 Å². The van der Waals surface area contributed by atoms with Gasteiger partial charge in [0.15, 0.2) is 0 Å². The number of benzene rings is 2. The van der Waals surface area contributed by atoms with Crippen molar-refractivity contribution in [2.24, 2.45) is 5.73 Å². The van der Waals surface area contributed by atoms with Gasteiger partial charge in [-0.15, -0.1) is 0 Å². The minimum absolute atomic E-state index is 0.173. The third kappa shape index (κ3) is 2.31. The summed E-state index contributed by atoms with van der Waals surface area (Å²) >= 11 is 0. The molecular formula is C18H17FN2O. The summed E-state index contributed by atoms with van der Waals surface area (Å²) in [4.78, 5) is 13.0. The number of pyridine rings is 1. The fourth-order valence-electron chi connectivity index (χ4n) is 2.77. The first-order chi connectivity index (χ1) is 10.5. The van der Waals surface area contributed by atoms with Crippen LogP contribution < -0.4 is 11.3 Å². The largest absolute Gasteiger partial charge is 0.323 e. The van der Waals surface area contributed by atoms with Crippen molar-refractivity contribution >= 4 is 10.8 Å². The summed E-state index contributed by atoms with van der Waals surface area (Å²) in [5, 5.41) is 1.49. The van der Waals surface area contributed by atoms with Crippen molar-refractivity contribution in [2.45, 2.75) is 19.9 Å². The van der Waals surface area contributed by atoms with Gasteiger partial charge in [0.05, 0.1) is 11.1 Å². The molecule has 0 saturated carbocycles. The molecule has 3 aromatic rings. The first-order valence-electron chi connectivity index (χ1n) is 7.16. The van der Waals surface area contributed by atoms with E-state index in [9.17, 15) is 9.18 Å². The van der Waals surface area contributed by atoms with E-state index < -0.39 is 0 Å². The molecule has 0 fully saturated rings. The van der Waals surface area contributed by atoms with Gasteiger partial charge >= 0.3 is 0 Å². The molecule has 0 radical (unpaired) electrons. The maximum absolute atomic E-state index is 13.6. The molecule has 0 amide bonds. The summed E-state index contributed by atoms with van der Waals surface area (Å²) < 4.78 is 15.1. The molecule has 0 saturated heterocycles. The van der Waals surface area contributed by atoms with Crippen molar-refractivity contribution in [3.8, 4) is 5.69 Å². The molecule has 0 spiro atoms. The third-order valence-corrected chi connectivity index (χ3v) is 3.82. The minimum Gasteiger partial charge on any atom is -0.323 e. The quantitative estimate of drug-likeness (QED) is 0.787. The molecule has 2 N–H and O–H groups in total. The lowest BCUT2D eigenvalue weighted by atomic mass is 10.0. The average Bonchev–Trinajstić information content (AvgIpc) is 2.46. The van der Waals surface area contributed by atoms with Crippen LogP contribution >= 0.6 is 0 Å². The fraction of sp³-hybridized carbons (Fsp3) is 0.167. The molecule has 3 nitrogen and oxygen atoms in total. The van der Waals surface area contributed by atoms with Crippen LogP contribution in [0.1, 0.15) is 24.2 Å². The van der Waals surface area contributed by atoms with Gasteiger partial charge in [-0.25, -0.2) is 4.39 Å². The van der Waals surface area contributed by atoms with E-state index in [4.69, 9.17) is 5.73 Å². The summed E-state index contributed by atoms with van der Waals surface area (Å²) in [7, 11) is 0. The molecule has 0 unspecified atom stereocenters. The Hall–Kier alpha value is -2.46. The van der Waals surface area contributed by atoms with Crippen LogP contribution in [0.15, 0.2) is 53.3 Å². The molecule has 2 aromatic carbocycles. The Morgan fingerprint density at radius 3 is 2.55 bits per heavy atom. The molecule has 3 rings (SSSR count). The Kier molecular flexibility index (Phi) is 3.54. The van der Waals surface area contributed by atoms with Crippen LogP contribution in [0.5, 0.6) is 0 Å². The lowest BCUT2D eigenvalue weighted by Crippen LogP contribution is -2.26. The number of halogens is 1. The van der Waals surface area contributed by atoms with Crippen molar-refractivity contribution in [1.29, 1.82) is 0 Å². The highest BCUT2D eigenvalue weighted by molar-refractivity contribution is 5.85. The van der Waals surface area contributed by atoms with E-state index in [2.05, 4.69) is 0 Å². The van der Waals surface area contributed by atoms with Crippen LogP contribution in [0.3, 0.4) is 0 Å². The third-order valence-electron chi connectivity index (χ3n) is 3.82. The highest BCUT2D eigenvalue weighted by atomic mass is 19.1. The van der Waals surface area contributed by atoms with E-state index in [0.717, 1.165) is 10.9 Å². The van der Waals surface area contributed by atoms with Crippen LogP contribution in [0.4, 0.5) is 4.39 Å². The topological polar surface area (TPSA) is 48.0 Å². The van der Waals surface area contributed by atoms with Gasteiger partial charge in [-0.1, -0.05) is 24.3 Å². The van der Waals surface area contributed by atoms with Crippen molar-refractivity contribution < 1.29 is 4.39 Å². The predicted octanol–water partition coefficient (Wildman–Crippen LogP) is 3.46. The summed E-state index contributed by atoms with van der Waals surface area (Å²) in [6.45, 7) is 3.71. The summed E-state index contributed by atoms with van der Waals surface area (Å²) in [5.41, 5.74) is 7.90. The zero-order valence-electron chi connectivity index (χ0n) is 12.5. The van der Waals surface area contributed by atoms with E-state index in [-0.39, 0.29) is 17.4 Å². The van der Waals surface area contributed by atoms with Crippen molar-refractivity contribution in [3.63, 3.8) is 0 Å². The van der Waals surface area contributed by atoms with E-state index >= 15 is 0 Å². The van der Waals surface area contributed by atoms with Gasteiger partial charge in [0.1, 0.15) is 5.82 Å². The molecular weight excluding hydrogens is 279 g/mol. The van der Waals surface area contributed by atoms with Crippen LogP contribution in [0, 0.1) is 12.7 Å². The van der Waals surface area contributed by atoms with Gasteiger partial charge in [0.2, 0.25) is 0 Å². The number of aromatic nitrogens is 1. The molecule has 112 valence electrons. The van der Waals surface area contributed by atoms with Crippen molar-refractivity contribution in [3.05, 3.63) is 76.0 Å². The lowest BCUT2D eigenvalue weighted by molar-refractivity contribution is 0.625. The highest BCUT2D eigenvalue weighted by Gasteiger charge is 2.15. The maximum atomic E-state index is 13.6. The summed E-state index contributed by atoms with van der Waals surface area (Å²) in [6, 6.07) is 13.2. The van der Waals surface area contributed by atoms with E-state index in [1.54, 1.807) is 12.1 Å². The maximum Gasteiger partial charge on any atom is 0.263 e. The van der Waals surface area contributed by atoms with Crippen LogP contribution in [0.2, 0.25) is 0 Å². The summed E-state index contributed by atoms with van der Waals surface area (Å²) in [5.74, 6) is -0.384. The highest BCUT2D eigenvalue weighted by Crippen LogP contribution is 2.22. The van der Waals surface area contributed by atoms with E-state index in [0.29, 0.717) is 16.8 Å². The Labute approximate surface area is 127 Å². The first kappa shape index (κ1) is 14.5. The molecule has 1 atom stereocenters. The fourth-order valence-corrected chi connectivity index (χ4v) is 2.77. The average molecular weight is 296 g/mol. The second kappa shape index (κ2) is 5.39. The number of fused-ring (bicyclic) bond motifs is 1. The summed E-state index contributed by atoms with van der Waals surface area (Å²) in [6.07, 6.45) is 0. The smallest absolute Gasteiger partial charge is 0.263 e. The number of hydrogen-bond donors (Lipinski definition) is 1. The number of rotatable bonds is 2.